The van der Waals surface area contributed by atoms with Crippen LogP contribution in [-0.2, 0) is 11.3 Å². The van der Waals surface area contributed by atoms with Crippen molar-refractivity contribution in [2.45, 2.75) is 12.7 Å². The zero-order chi connectivity index (χ0) is 18.6. The fourth-order valence-corrected chi connectivity index (χ4v) is 3.24. The van der Waals surface area contributed by atoms with Crippen molar-refractivity contribution in [2.75, 3.05) is 26.2 Å². The molecule has 0 aliphatic carbocycles. The Balaban J connectivity index is 0.000000277. The first-order valence-electron chi connectivity index (χ1n) is 7.77. The molecule has 0 saturated carbocycles. The molecule has 2 atom stereocenters. The molecule has 0 aromatic heterocycles. The zero-order valence-electron chi connectivity index (χ0n) is 13.4. The van der Waals surface area contributed by atoms with Gasteiger partial charge < -0.3 is 15.7 Å². The van der Waals surface area contributed by atoms with Crippen molar-refractivity contribution in [2.24, 2.45) is 17.6 Å². The van der Waals surface area contributed by atoms with Crippen LogP contribution in [0.5, 0.6) is 0 Å². The van der Waals surface area contributed by atoms with Crippen LogP contribution >= 0.6 is 0 Å². The van der Waals surface area contributed by atoms with Gasteiger partial charge in [0.25, 0.3) is 0 Å². The molecule has 25 heavy (non-hydrogen) atoms. The number of rotatable bonds is 2. The van der Waals surface area contributed by atoms with Gasteiger partial charge in [-0.05, 0) is 17.4 Å². The summed E-state index contributed by atoms with van der Waals surface area (Å²) < 4.78 is 31.7. The van der Waals surface area contributed by atoms with E-state index in [9.17, 15) is 18.0 Å². The predicted molar refractivity (Wildman–Crippen MR) is 83.5 cm³/mol. The van der Waals surface area contributed by atoms with E-state index < -0.39 is 12.1 Å². The van der Waals surface area contributed by atoms with Gasteiger partial charge in [-0.2, -0.15) is 13.2 Å². The molecular formula is C16H20F3N3O3. The van der Waals surface area contributed by atoms with Crippen LogP contribution in [0.25, 0.3) is 0 Å². The maximum absolute atomic E-state index is 11.1. The van der Waals surface area contributed by atoms with Gasteiger partial charge in [0, 0.05) is 32.7 Å². The number of hydrogen-bond acceptors (Lipinski definition) is 3. The van der Waals surface area contributed by atoms with Crippen molar-refractivity contribution in [3.8, 4) is 0 Å². The number of nitrogens with two attached hydrogens (primary N) is 1. The molecular weight excluding hydrogens is 339 g/mol. The number of benzene rings is 1. The molecule has 2 amide bonds. The number of carboxylic acid groups (broad SMARTS) is 1. The molecule has 2 aliphatic heterocycles. The Morgan fingerprint density at radius 3 is 1.96 bits per heavy atom. The lowest BCUT2D eigenvalue weighted by atomic mass is 10.0. The summed E-state index contributed by atoms with van der Waals surface area (Å²) in [7, 11) is 0. The monoisotopic (exact) mass is 359 g/mol. The van der Waals surface area contributed by atoms with Crippen molar-refractivity contribution in [1.82, 2.24) is 9.80 Å². The topological polar surface area (TPSA) is 86.9 Å². The number of fused-ring (bicyclic) bond motifs is 1. The Morgan fingerprint density at radius 1 is 1.08 bits per heavy atom. The van der Waals surface area contributed by atoms with Gasteiger partial charge in [-0.1, -0.05) is 30.3 Å². The van der Waals surface area contributed by atoms with Crippen LogP contribution in [0.15, 0.2) is 30.3 Å². The first-order valence-corrected chi connectivity index (χ1v) is 7.77. The van der Waals surface area contributed by atoms with Crippen LogP contribution < -0.4 is 5.73 Å². The van der Waals surface area contributed by atoms with Gasteiger partial charge in [-0.15, -0.1) is 0 Å². The summed E-state index contributed by atoms with van der Waals surface area (Å²) in [5.41, 5.74) is 6.70. The fourth-order valence-electron chi connectivity index (χ4n) is 3.24. The highest BCUT2D eigenvalue weighted by Gasteiger charge is 2.41. The highest BCUT2D eigenvalue weighted by atomic mass is 19.4. The van der Waals surface area contributed by atoms with Crippen molar-refractivity contribution in [3.05, 3.63) is 35.9 Å². The van der Waals surface area contributed by atoms with Crippen LogP contribution in [0.1, 0.15) is 5.56 Å². The quantitative estimate of drug-likeness (QED) is 0.842. The number of likely N-dealkylation sites (tertiary alicyclic amines) is 2. The van der Waals surface area contributed by atoms with E-state index in [1.165, 1.54) is 5.56 Å². The highest BCUT2D eigenvalue weighted by molar-refractivity contribution is 5.73. The number of alkyl halides is 3. The molecule has 2 heterocycles. The number of aliphatic carboxylic acids is 1. The maximum atomic E-state index is 11.1. The Hall–Kier alpha value is -2.29. The third-order valence-corrected chi connectivity index (χ3v) is 4.37. The molecule has 138 valence electrons. The molecule has 0 spiro atoms. The van der Waals surface area contributed by atoms with E-state index >= 15 is 0 Å². The first kappa shape index (κ1) is 19.0. The fraction of sp³-hybridized carbons (Fsp3) is 0.500. The number of carbonyl (C=O) groups excluding carboxylic acids is 1. The van der Waals surface area contributed by atoms with Gasteiger partial charge in [0.1, 0.15) is 0 Å². The Kier molecular flexibility index (Phi) is 5.89. The second-order valence-corrected chi connectivity index (χ2v) is 6.25. The van der Waals surface area contributed by atoms with E-state index in [1.54, 1.807) is 4.90 Å². The second-order valence-electron chi connectivity index (χ2n) is 6.25. The predicted octanol–water partition coefficient (Wildman–Crippen LogP) is 1.76. The van der Waals surface area contributed by atoms with Gasteiger partial charge in [-0.3, -0.25) is 4.90 Å². The van der Waals surface area contributed by atoms with Crippen LogP contribution in [-0.4, -0.2) is 59.3 Å². The number of carboxylic acids is 1. The molecule has 6 nitrogen and oxygen atoms in total. The summed E-state index contributed by atoms with van der Waals surface area (Å²) in [5, 5.41) is 7.12. The number of hydrogen-bond donors (Lipinski definition) is 2. The molecule has 2 fully saturated rings. The third-order valence-electron chi connectivity index (χ3n) is 4.37. The summed E-state index contributed by atoms with van der Waals surface area (Å²) >= 11 is 0. The smallest absolute Gasteiger partial charge is 0.475 e. The minimum absolute atomic E-state index is 0.265. The minimum Gasteiger partial charge on any atom is -0.475 e. The zero-order valence-corrected chi connectivity index (χ0v) is 13.4. The van der Waals surface area contributed by atoms with E-state index in [-0.39, 0.29) is 6.03 Å². The maximum Gasteiger partial charge on any atom is 0.490 e. The Labute approximate surface area is 143 Å². The van der Waals surface area contributed by atoms with Crippen LogP contribution in [0.3, 0.4) is 0 Å². The van der Waals surface area contributed by atoms with Gasteiger partial charge in [0.15, 0.2) is 0 Å². The summed E-state index contributed by atoms with van der Waals surface area (Å²) in [5.74, 6) is -1.53. The van der Waals surface area contributed by atoms with Crippen molar-refractivity contribution >= 4 is 12.0 Å². The summed E-state index contributed by atoms with van der Waals surface area (Å²) in [4.78, 5) is 24.3. The average molecular weight is 359 g/mol. The number of urea groups is 1. The first-order chi connectivity index (χ1) is 11.7. The van der Waals surface area contributed by atoms with Crippen LogP contribution in [0.2, 0.25) is 0 Å². The van der Waals surface area contributed by atoms with Crippen molar-refractivity contribution in [3.63, 3.8) is 0 Å². The van der Waals surface area contributed by atoms with E-state index in [0.29, 0.717) is 11.8 Å². The van der Waals surface area contributed by atoms with Gasteiger partial charge >= 0.3 is 18.2 Å². The molecule has 2 aliphatic rings. The molecule has 3 N–H and O–H groups in total. The number of carbonyl (C=O) groups is 2. The second kappa shape index (κ2) is 7.73. The number of halogens is 3. The number of nitrogens with zero attached hydrogens (tertiary/aromatic N) is 2. The number of primary amides is 1. The van der Waals surface area contributed by atoms with Crippen molar-refractivity contribution in [1.29, 1.82) is 0 Å². The molecule has 0 bridgehead atoms. The Morgan fingerprint density at radius 2 is 1.56 bits per heavy atom. The standard InChI is InChI=1S/C14H19N3O.C2HF3O2/c15-14(18)17-9-12-7-16(8-13(12)10-17)6-11-4-2-1-3-5-11;3-2(4,5)1(6)7/h1-5,12-13H,6-10H2,(H2,15,18);(H,6,7)/t12-,13+;. The Bertz CT molecular complexity index is 596. The lowest BCUT2D eigenvalue weighted by Gasteiger charge is -2.20. The van der Waals surface area contributed by atoms with Gasteiger partial charge in [-0.25, -0.2) is 9.59 Å². The van der Waals surface area contributed by atoms with Crippen LogP contribution in [0.4, 0.5) is 18.0 Å². The molecule has 9 heteroatoms. The molecule has 2 saturated heterocycles. The highest BCUT2D eigenvalue weighted by Crippen LogP contribution is 2.31. The summed E-state index contributed by atoms with van der Waals surface area (Å²) in [6.45, 7) is 4.87. The lowest BCUT2D eigenvalue weighted by molar-refractivity contribution is -0.192. The lowest BCUT2D eigenvalue weighted by Crippen LogP contribution is -2.36. The number of amides is 2. The average Bonchev–Trinajstić information content (AvgIpc) is 3.06. The molecule has 0 unspecified atom stereocenters. The van der Waals surface area contributed by atoms with E-state index in [2.05, 4.69) is 29.2 Å². The summed E-state index contributed by atoms with van der Waals surface area (Å²) in [6.07, 6.45) is -5.08. The largest absolute Gasteiger partial charge is 0.490 e. The van der Waals surface area contributed by atoms with Gasteiger partial charge in [0.2, 0.25) is 0 Å². The van der Waals surface area contributed by atoms with E-state index in [1.807, 2.05) is 6.07 Å². The van der Waals surface area contributed by atoms with Crippen LogP contribution in [0, 0.1) is 11.8 Å². The SMILES string of the molecule is NC(=O)N1C[C@H]2CN(Cc3ccccc3)C[C@H]2C1.O=C(O)C(F)(F)F. The van der Waals surface area contributed by atoms with Gasteiger partial charge in [0.05, 0.1) is 0 Å². The molecule has 1 aromatic rings. The third kappa shape index (κ3) is 5.35. The summed E-state index contributed by atoms with van der Waals surface area (Å²) in [6, 6.07) is 10.3. The molecule has 3 rings (SSSR count). The van der Waals surface area contributed by atoms with E-state index in [0.717, 1.165) is 32.7 Å². The van der Waals surface area contributed by atoms with E-state index in [4.69, 9.17) is 15.6 Å². The minimum atomic E-state index is -5.08. The van der Waals surface area contributed by atoms with Crippen molar-refractivity contribution < 1.29 is 27.9 Å². The molecule has 1 aromatic carbocycles. The normalized spacial score (nSPS) is 22.9. The molecule has 0 radical (unpaired) electrons.